The molecule has 0 atom stereocenters. The number of thiophene rings is 1. The number of imidazole rings is 1. The zero-order valence-electron chi connectivity index (χ0n) is 14.8. The van der Waals surface area contributed by atoms with Gasteiger partial charge in [-0.2, -0.15) is 0 Å². The molecule has 0 fully saturated rings. The minimum absolute atomic E-state index is 0.0486. The number of rotatable bonds is 6. The molecule has 0 aliphatic heterocycles. The normalized spacial score (nSPS) is 10.9. The van der Waals surface area contributed by atoms with E-state index in [0.29, 0.717) is 41.0 Å². The van der Waals surface area contributed by atoms with Crippen LogP contribution < -0.4 is 5.32 Å². The average Bonchev–Trinajstić information content (AvgIpc) is 3.38. The molecule has 3 N–H and O–H groups in total. The fourth-order valence-corrected chi connectivity index (χ4v) is 3.70. The van der Waals surface area contributed by atoms with Crippen LogP contribution in [0.4, 0.5) is 0 Å². The molecule has 0 saturated heterocycles. The zero-order chi connectivity index (χ0) is 19.5. The molecule has 4 rings (SSSR count). The van der Waals surface area contributed by atoms with E-state index in [1.165, 1.54) is 17.4 Å². The predicted molar refractivity (Wildman–Crippen MR) is 109 cm³/mol. The number of aromatic nitrogens is 2. The molecule has 2 heterocycles. The Labute approximate surface area is 164 Å². The molecule has 6 nitrogen and oxygen atoms in total. The van der Waals surface area contributed by atoms with Gasteiger partial charge in [0.1, 0.15) is 28.9 Å². The molecule has 2 aromatic carbocycles. The number of aromatic hydroxyl groups is 1. The van der Waals surface area contributed by atoms with Crippen LogP contribution in [0.15, 0.2) is 53.9 Å². The highest BCUT2D eigenvalue weighted by Gasteiger charge is 2.17. The highest BCUT2D eigenvalue weighted by atomic mass is 32.1. The van der Waals surface area contributed by atoms with Gasteiger partial charge in [-0.15, -0.1) is 11.3 Å². The van der Waals surface area contributed by atoms with Crippen LogP contribution in [-0.2, 0) is 6.42 Å². The van der Waals surface area contributed by atoms with Gasteiger partial charge in [0.25, 0.3) is 5.91 Å². The molecule has 0 spiro atoms. The predicted octanol–water partition coefficient (Wildman–Crippen LogP) is 3.78. The van der Waals surface area contributed by atoms with Crippen molar-refractivity contribution in [3.63, 3.8) is 0 Å². The van der Waals surface area contributed by atoms with Crippen molar-refractivity contribution in [2.24, 2.45) is 0 Å². The molecular weight excluding hydrogens is 374 g/mol. The van der Waals surface area contributed by atoms with E-state index < -0.39 is 0 Å². The van der Waals surface area contributed by atoms with Crippen molar-refractivity contribution in [1.82, 2.24) is 15.3 Å². The Morgan fingerprint density at radius 1 is 1.21 bits per heavy atom. The summed E-state index contributed by atoms with van der Waals surface area (Å²) in [6, 6.07) is 14.2. The zero-order valence-corrected chi connectivity index (χ0v) is 15.6. The molecule has 0 aliphatic carbocycles. The fraction of sp³-hybridized carbons (Fsp3) is 0.0952. The number of H-pyrrole nitrogens is 1. The van der Waals surface area contributed by atoms with Gasteiger partial charge >= 0.3 is 0 Å². The number of carbonyl (C=O) groups excluding carboxylic acids is 2. The second-order valence-corrected chi connectivity index (χ2v) is 7.24. The summed E-state index contributed by atoms with van der Waals surface area (Å²) in [7, 11) is 0. The number of phenolic OH excluding ortho intramolecular Hbond substituents is 1. The van der Waals surface area contributed by atoms with E-state index in [4.69, 9.17) is 0 Å². The Morgan fingerprint density at radius 3 is 2.89 bits per heavy atom. The first kappa shape index (κ1) is 17.9. The smallest absolute Gasteiger partial charge is 0.253 e. The summed E-state index contributed by atoms with van der Waals surface area (Å²) in [6.07, 6.45) is 1.41. The number of aldehydes is 1. The number of carbonyl (C=O) groups is 2. The van der Waals surface area contributed by atoms with Gasteiger partial charge in [-0.25, -0.2) is 4.98 Å². The fourth-order valence-electron chi connectivity index (χ4n) is 3.03. The third kappa shape index (κ3) is 3.52. The minimum Gasteiger partial charge on any atom is -0.506 e. The third-order valence-electron chi connectivity index (χ3n) is 4.41. The maximum atomic E-state index is 12.7. The molecule has 0 saturated carbocycles. The van der Waals surface area contributed by atoms with E-state index in [-0.39, 0.29) is 11.7 Å². The summed E-state index contributed by atoms with van der Waals surface area (Å²) < 4.78 is 0. The Kier molecular flexibility index (Phi) is 4.90. The van der Waals surface area contributed by atoms with Crippen molar-refractivity contribution >= 4 is 34.6 Å². The lowest BCUT2D eigenvalue weighted by atomic mass is 10.1. The molecule has 0 bridgehead atoms. The van der Waals surface area contributed by atoms with Crippen LogP contribution in [0.2, 0.25) is 0 Å². The van der Waals surface area contributed by atoms with Crippen LogP contribution in [0, 0.1) is 0 Å². The van der Waals surface area contributed by atoms with Crippen molar-refractivity contribution in [3.8, 4) is 16.5 Å². The first-order chi connectivity index (χ1) is 13.7. The second-order valence-electron chi connectivity index (χ2n) is 6.29. The van der Waals surface area contributed by atoms with Crippen molar-refractivity contribution < 1.29 is 14.7 Å². The Balaban J connectivity index is 1.53. The number of hydrogen-bond donors (Lipinski definition) is 3. The van der Waals surface area contributed by atoms with E-state index >= 15 is 0 Å². The summed E-state index contributed by atoms with van der Waals surface area (Å²) in [5.41, 5.74) is 2.86. The van der Waals surface area contributed by atoms with Crippen molar-refractivity contribution in [2.45, 2.75) is 6.42 Å². The van der Waals surface area contributed by atoms with Crippen LogP contribution in [0.1, 0.15) is 26.3 Å². The maximum Gasteiger partial charge on any atom is 0.253 e. The number of hydrogen-bond acceptors (Lipinski definition) is 5. The maximum absolute atomic E-state index is 12.7. The van der Waals surface area contributed by atoms with E-state index in [2.05, 4.69) is 15.3 Å². The number of benzene rings is 2. The van der Waals surface area contributed by atoms with Gasteiger partial charge in [-0.1, -0.05) is 24.3 Å². The summed E-state index contributed by atoms with van der Waals surface area (Å²) in [6.45, 7) is 0.422. The number of fused-ring (bicyclic) bond motifs is 1. The summed E-state index contributed by atoms with van der Waals surface area (Å²) in [5.74, 6) is 0.402. The third-order valence-corrected chi connectivity index (χ3v) is 5.29. The van der Waals surface area contributed by atoms with E-state index in [1.807, 2.05) is 29.6 Å². The van der Waals surface area contributed by atoms with Crippen molar-refractivity contribution in [1.29, 1.82) is 0 Å². The first-order valence-corrected chi connectivity index (χ1v) is 9.61. The molecule has 7 heteroatoms. The molecule has 4 aromatic rings. The summed E-state index contributed by atoms with van der Waals surface area (Å²) in [4.78, 5) is 32.1. The molecule has 0 radical (unpaired) electrons. The van der Waals surface area contributed by atoms with Gasteiger partial charge in [0.05, 0.1) is 10.4 Å². The standard InChI is InChI=1S/C21H17N3O3S/c25-12-14-4-1-3-13(11-14)8-9-22-21(27)15-6-7-16(26)19-18(15)23-20(24-19)17-5-2-10-28-17/h1-7,10-12,26H,8-9H2,(H,22,27)(H,23,24). The van der Waals surface area contributed by atoms with Crippen LogP contribution in [0.3, 0.4) is 0 Å². The molecule has 1 amide bonds. The van der Waals surface area contributed by atoms with Crippen LogP contribution in [0.5, 0.6) is 5.75 Å². The lowest BCUT2D eigenvalue weighted by molar-refractivity contribution is 0.0955. The Morgan fingerprint density at radius 2 is 2.11 bits per heavy atom. The molecule has 28 heavy (non-hydrogen) atoms. The lowest BCUT2D eigenvalue weighted by Crippen LogP contribution is -2.26. The quantitative estimate of drug-likeness (QED) is 0.436. The van der Waals surface area contributed by atoms with Crippen LogP contribution in [-0.4, -0.2) is 33.8 Å². The molecule has 0 unspecified atom stereocenters. The average molecular weight is 391 g/mol. The number of amides is 1. The largest absolute Gasteiger partial charge is 0.506 e. The highest BCUT2D eigenvalue weighted by Crippen LogP contribution is 2.30. The molecule has 140 valence electrons. The van der Waals surface area contributed by atoms with Crippen LogP contribution in [0.25, 0.3) is 21.7 Å². The number of phenols is 1. The second kappa shape index (κ2) is 7.66. The van der Waals surface area contributed by atoms with Gasteiger partial charge in [-0.3, -0.25) is 9.59 Å². The first-order valence-electron chi connectivity index (χ1n) is 8.73. The Hall–Kier alpha value is -3.45. The monoisotopic (exact) mass is 391 g/mol. The summed E-state index contributed by atoms with van der Waals surface area (Å²) >= 11 is 1.53. The molecular formula is C21H17N3O3S. The number of nitrogens with one attached hydrogen (secondary N) is 2. The Bertz CT molecular complexity index is 1150. The topological polar surface area (TPSA) is 95.1 Å². The number of nitrogens with zero attached hydrogens (tertiary/aromatic N) is 1. The van der Waals surface area contributed by atoms with Gasteiger partial charge in [-0.05, 0) is 41.6 Å². The van der Waals surface area contributed by atoms with Crippen molar-refractivity contribution in [2.75, 3.05) is 6.54 Å². The molecule has 2 aromatic heterocycles. The van der Waals surface area contributed by atoms with E-state index in [9.17, 15) is 14.7 Å². The van der Waals surface area contributed by atoms with Gasteiger partial charge < -0.3 is 15.4 Å². The van der Waals surface area contributed by atoms with Gasteiger partial charge in [0.15, 0.2) is 0 Å². The van der Waals surface area contributed by atoms with Gasteiger partial charge in [0.2, 0.25) is 0 Å². The molecule has 0 aliphatic rings. The minimum atomic E-state index is -0.263. The van der Waals surface area contributed by atoms with Crippen LogP contribution >= 0.6 is 11.3 Å². The SMILES string of the molecule is O=Cc1cccc(CCNC(=O)c2ccc(O)c3[nH]c(-c4cccs4)nc23)c1. The van der Waals surface area contributed by atoms with E-state index in [1.54, 1.807) is 18.2 Å². The number of aromatic amines is 1. The lowest BCUT2D eigenvalue weighted by Gasteiger charge is -2.07. The summed E-state index contributed by atoms with van der Waals surface area (Å²) in [5, 5.41) is 15.0. The van der Waals surface area contributed by atoms with Crippen molar-refractivity contribution in [3.05, 3.63) is 70.6 Å². The van der Waals surface area contributed by atoms with Gasteiger partial charge in [0, 0.05) is 12.1 Å². The highest BCUT2D eigenvalue weighted by molar-refractivity contribution is 7.13. The van der Waals surface area contributed by atoms with E-state index in [0.717, 1.165) is 16.7 Å².